The lowest BCUT2D eigenvalue weighted by Gasteiger charge is -1.96. The molecule has 0 aliphatic carbocycles. The fourth-order valence-electron chi connectivity index (χ4n) is 1.58. The highest BCUT2D eigenvalue weighted by molar-refractivity contribution is 7.98. The van der Waals surface area contributed by atoms with Gasteiger partial charge in [-0.3, -0.25) is 0 Å². The van der Waals surface area contributed by atoms with E-state index < -0.39 is 0 Å². The number of aromatic nitrogens is 4. The van der Waals surface area contributed by atoms with Gasteiger partial charge < -0.3 is 4.98 Å². The number of H-pyrrole nitrogens is 1. The molecule has 84 valence electrons. The molecule has 0 atom stereocenters. The lowest BCUT2D eigenvalue weighted by molar-refractivity contribution is 1.04. The second kappa shape index (κ2) is 4.55. The van der Waals surface area contributed by atoms with Crippen molar-refractivity contribution in [2.24, 2.45) is 0 Å². The van der Waals surface area contributed by atoms with Gasteiger partial charge >= 0.3 is 0 Å². The number of hydrogen-bond acceptors (Lipinski definition) is 4. The van der Waals surface area contributed by atoms with Crippen LogP contribution in [0.4, 0.5) is 0 Å². The first-order valence-corrected chi connectivity index (χ1v) is 6.23. The molecule has 1 N–H and O–H groups in total. The fourth-order valence-corrected chi connectivity index (χ4v) is 2.28. The molecule has 0 fully saturated rings. The molecule has 0 aliphatic heterocycles. The minimum atomic E-state index is 0.783. The third-order valence-electron chi connectivity index (χ3n) is 2.35. The van der Waals surface area contributed by atoms with Crippen molar-refractivity contribution in [2.75, 3.05) is 0 Å². The van der Waals surface area contributed by atoms with Crippen molar-refractivity contribution in [3.05, 3.63) is 48.7 Å². The minimum Gasteiger partial charge on any atom is -0.341 e. The molecule has 17 heavy (non-hydrogen) atoms. The summed E-state index contributed by atoms with van der Waals surface area (Å²) in [6.45, 7) is 0. The minimum absolute atomic E-state index is 0.783. The number of thioether (sulfide) groups is 1. The van der Waals surface area contributed by atoms with Crippen molar-refractivity contribution in [1.82, 2.24) is 19.9 Å². The maximum Gasteiger partial charge on any atom is 0.117 e. The third kappa shape index (κ3) is 2.29. The summed E-state index contributed by atoms with van der Waals surface area (Å²) in [5.41, 5.74) is 2.08. The van der Waals surface area contributed by atoms with Gasteiger partial charge in [0.2, 0.25) is 0 Å². The Morgan fingerprint density at radius 1 is 1.18 bits per heavy atom. The van der Waals surface area contributed by atoms with Gasteiger partial charge in [0.15, 0.2) is 0 Å². The molecular formula is C12H10N4S. The summed E-state index contributed by atoms with van der Waals surface area (Å²) in [6, 6.07) is 9.92. The third-order valence-corrected chi connectivity index (χ3v) is 3.31. The van der Waals surface area contributed by atoms with E-state index in [-0.39, 0.29) is 0 Å². The van der Waals surface area contributed by atoms with Gasteiger partial charge in [0.1, 0.15) is 12.2 Å². The number of nitrogens with zero attached hydrogens (tertiary/aromatic N) is 3. The monoisotopic (exact) mass is 242 g/mol. The Morgan fingerprint density at radius 3 is 2.94 bits per heavy atom. The number of para-hydroxylation sites is 2. The van der Waals surface area contributed by atoms with Gasteiger partial charge in [-0.2, -0.15) is 0 Å². The summed E-state index contributed by atoms with van der Waals surface area (Å²) in [4.78, 5) is 15.8. The van der Waals surface area contributed by atoms with Gasteiger partial charge in [0, 0.05) is 6.20 Å². The summed E-state index contributed by atoms with van der Waals surface area (Å²) in [5, 5.41) is 0.959. The first-order valence-electron chi connectivity index (χ1n) is 5.24. The highest BCUT2D eigenvalue weighted by Gasteiger charge is 2.02. The number of rotatable bonds is 3. The van der Waals surface area contributed by atoms with E-state index in [4.69, 9.17) is 0 Å². The van der Waals surface area contributed by atoms with Crippen molar-refractivity contribution in [1.29, 1.82) is 0 Å². The van der Waals surface area contributed by atoms with E-state index in [1.165, 1.54) is 0 Å². The van der Waals surface area contributed by atoms with Gasteiger partial charge in [-0.15, -0.1) is 0 Å². The zero-order valence-electron chi connectivity index (χ0n) is 9.00. The number of nitrogens with one attached hydrogen (secondary N) is 1. The number of benzene rings is 1. The lowest BCUT2D eigenvalue weighted by atomic mass is 10.3. The van der Waals surface area contributed by atoms with Gasteiger partial charge in [0.05, 0.1) is 21.8 Å². The zero-order valence-corrected chi connectivity index (χ0v) is 9.81. The van der Waals surface area contributed by atoms with E-state index in [2.05, 4.69) is 19.9 Å². The van der Waals surface area contributed by atoms with Crippen molar-refractivity contribution < 1.29 is 0 Å². The van der Waals surface area contributed by atoms with Crippen LogP contribution >= 0.6 is 11.8 Å². The number of aromatic amines is 1. The first kappa shape index (κ1) is 10.3. The van der Waals surface area contributed by atoms with Crippen LogP contribution in [0.25, 0.3) is 11.0 Å². The second-order valence-corrected chi connectivity index (χ2v) is 4.53. The average Bonchev–Trinajstić information content (AvgIpc) is 2.80. The standard InChI is InChI=1S/C12H10N4S/c1-2-4-10-9(3-1)15-11(16-10)7-17-12-5-6-13-8-14-12/h1-6,8H,7H2,(H,15,16). The van der Waals surface area contributed by atoms with Crippen molar-refractivity contribution in [3.63, 3.8) is 0 Å². The smallest absolute Gasteiger partial charge is 0.117 e. The number of fused-ring (bicyclic) bond motifs is 1. The van der Waals surface area contributed by atoms with E-state index in [0.717, 1.165) is 27.6 Å². The van der Waals surface area contributed by atoms with Gasteiger partial charge in [0.25, 0.3) is 0 Å². The largest absolute Gasteiger partial charge is 0.341 e. The van der Waals surface area contributed by atoms with Crippen LogP contribution in [-0.2, 0) is 5.75 Å². The van der Waals surface area contributed by atoms with Crippen LogP contribution in [0.3, 0.4) is 0 Å². The van der Waals surface area contributed by atoms with Crippen LogP contribution in [0.5, 0.6) is 0 Å². The van der Waals surface area contributed by atoms with Crippen molar-refractivity contribution >= 4 is 22.8 Å². The molecule has 0 unspecified atom stereocenters. The molecule has 1 aromatic carbocycles. The van der Waals surface area contributed by atoms with E-state index in [9.17, 15) is 0 Å². The Balaban J connectivity index is 1.77. The molecule has 5 heteroatoms. The van der Waals surface area contributed by atoms with Crippen LogP contribution < -0.4 is 0 Å². The first-order chi connectivity index (χ1) is 8.42. The van der Waals surface area contributed by atoms with Crippen LogP contribution in [-0.4, -0.2) is 19.9 Å². The van der Waals surface area contributed by atoms with Crippen molar-refractivity contribution in [3.8, 4) is 0 Å². The Kier molecular flexibility index (Phi) is 2.75. The highest BCUT2D eigenvalue weighted by atomic mass is 32.2. The van der Waals surface area contributed by atoms with Gasteiger partial charge in [-0.05, 0) is 18.2 Å². The molecule has 2 aromatic heterocycles. The number of imidazole rings is 1. The molecule has 0 saturated heterocycles. The molecule has 4 nitrogen and oxygen atoms in total. The molecule has 0 bridgehead atoms. The molecule has 0 aliphatic rings. The Hall–Kier alpha value is -1.88. The topological polar surface area (TPSA) is 54.5 Å². The van der Waals surface area contributed by atoms with Crippen molar-refractivity contribution in [2.45, 2.75) is 10.8 Å². The summed E-state index contributed by atoms with van der Waals surface area (Å²) < 4.78 is 0. The molecule has 0 amide bonds. The quantitative estimate of drug-likeness (QED) is 0.566. The van der Waals surface area contributed by atoms with E-state index in [1.807, 2.05) is 30.3 Å². The Labute approximate surface area is 103 Å². The summed E-state index contributed by atoms with van der Waals surface area (Å²) in [7, 11) is 0. The van der Waals surface area contributed by atoms with E-state index in [1.54, 1.807) is 24.3 Å². The molecular weight excluding hydrogens is 232 g/mol. The Morgan fingerprint density at radius 2 is 2.12 bits per heavy atom. The molecule has 0 saturated carbocycles. The van der Waals surface area contributed by atoms with E-state index >= 15 is 0 Å². The summed E-state index contributed by atoms with van der Waals surface area (Å²) >= 11 is 1.64. The summed E-state index contributed by atoms with van der Waals surface area (Å²) in [5.74, 6) is 1.75. The zero-order chi connectivity index (χ0) is 11.5. The molecule has 3 aromatic rings. The maximum absolute atomic E-state index is 4.51. The van der Waals surface area contributed by atoms with Gasteiger partial charge in [-0.25, -0.2) is 15.0 Å². The average molecular weight is 242 g/mol. The van der Waals surface area contributed by atoms with Gasteiger partial charge in [-0.1, -0.05) is 23.9 Å². The highest BCUT2D eigenvalue weighted by Crippen LogP contribution is 2.20. The molecule has 0 radical (unpaired) electrons. The van der Waals surface area contributed by atoms with Crippen LogP contribution in [0.1, 0.15) is 5.82 Å². The maximum atomic E-state index is 4.51. The van der Waals surface area contributed by atoms with E-state index in [0.29, 0.717) is 0 Å². The predicted molar refractivity (Wildman–Crippen MR) is 67.7 cm³/mol. The Bertz CT molecular complexity index is 587. The SMILES string of the molecule is c1ccc2[nH]c(CSc3ccncn3)nc2c1. The lowest BCUT2D eigenvalue weighted by Crippen LogP contribution is -1.85. The van der Waals surface area contributed by atoms with Crippen LogP contribution in [0.2, 0.25) is 0 Å². The van der Waals surface area contributed by atoms with Crippen LogP contribution in [0, 0.1) is 0 Å². The predicted octanol–water partition coefficient (Wildman–Crippen LogP) is 2.65. The molecule has 3 rings (SSSR count). The fraction of sp³-hybridized carbons (Fsp3) is 0.0833. The number of hydrogen-bond donors (Lipinski definition) is 1. The van der Waals surface area contributed by atoms with Crippen LogP contribution in [0.15, 0.2) is 47.9 Å². The molecule has 0 spiro atoms. The summed E-state index contributed by atoms with van der Waals surface area (Å²) in [6.07, 6.45) is 3.30. The normalized spacial score (nSPS) is 10.8. The molecule has 2 heterocycles. The second-order valence-electron chi connectivity index (χ2n) is 3.54.